The van der Waals surface area contributed by atoms with Gasteiger partial charge in [-0.05, 0) is 43.3 Å². The second-order valence-electron chi connectivity index (χ2n) is 5.59. The molecule has 0 spiro atoms. The highest BCUT2D eigenvalue weighted by atomic mass is 19.4. The predicted molar refractivity (Wildman–Crippen MR) is 87.7 cm³/mol. The van der Waals surface area contributed by atoms with Crippen molar-refractivity contribution in [1.29, 1.82) is 0 Å². The maximum atomic E-state index is 12.6. The third-order valence-electron chi connectivity index (χ3n) is 3.64. The Kier molecular flexibility index (Phi) is 4.79. The molecule has 0 radical (unpaired) electrons. The van der Waals surface area contributed by atoms with Gasteiger partial charge in [0.1, 0.15) is 24.3 Å². The van der Waals surface area contributed by atoms with E-state index in [1.165, 1.54) is 25.3 Å². The Morgan fingerprint density at radius 3 is 2.54 bits per heavy atom. The van der Waals surface area contributed by atoms with Crippen LogP contribution in [0.3, 0.4) is 0 Å². The van der Waals surface area contributed by atoms with Gasteiger partial charge in [0.05, 0.1) is 5.56 Å². The molecule has 0 amide bonds. The topological polar surface area (TPSA) is 52.3 Å². The molecule has 0 N–H and O–H groups in total. The third kappa shape index (κ3) is 4.11. The van der Waals surface area contributed by atoms with Crippen LogP contribution in [0.4, 0.5) is 13.2 Å². The molecule has 0 atom stereocenters. The van der Waals surface area contributed by atoms with E-state index in [9.17, 15) is 18.0 Å². The third-order valence-corrected chi connectivity index (χ3v) is 3.64. The number of hydrogen-bond acceptors (Lipinski definition) is 4. The van der Waals surface area contributed by atoms with Gasteiger partial charge in [-0.1, -0.05) is 12.1 Å². The minimum absolute atomic E-state index is 0.0681. The molecule has 0 saturated carbocycles. The van der Waals surface area contributed by atoms with E-state index >= 15 is 0 Å². The average Bonchev–Trinajstić information content (AvgIpc) is 3.08. The summed E-state index contributed by atoms with van der Waals surface area (Å²) in [5.74, 6) is 0.646. The maximum Gasteiger partial charge on any atom is 0.416 e. The molecule has 2 aromatic carbocycles. The normalized spacial score (nSPS) is 11.4. The van der Waals surface area contributed by atoms with E-state index in [-0.39, 0.29) is 18.3 Å². The number of carbonyl (C=O) groups excluding carboxylic acids is 1. The lowest BCUT2D eigenvalue weighted by molar-refractivity contribution is -0.137. The number of oxazole rings is 1. The first-order valence-corrected chi connectivity index (χ1v) is 7.69. The minimum Gasteiger partial charge on any atom is -0.487 e. The van der Waals surface area contributed by atoms with E-state index in [1.54, 1.807) is 24.3 Å². The molecule has 0 bridgehead atoms. The van der Waals surface area contributed by atoms with Gasteiger partial charge >= 0.3 is 6.18 Å². The van der Waals surface area contributed by atoms with Crippen LogP contribution in [-0.2, 0) is 12.8 Å². The first-order chi connectivity index (χ1) is 12.3. The summed E-state index contributed by atoms with van der Waals surface area (Å²) in [5.41, 5.74) is 0.714. The number of carbonyl (C=O) groups is 1. The van der Waals surface area contributed by atoms with Crippen molar-refractivity contribution in [3.8, 4) is 17.2 Å². The molecule has 3 aromatic rings. The van der Waals surface area contributed by atoms with Crippen LogP contribution in [-0.4, -0.2) is 10.8 Å². The Morgan fingerprint density at radius 1 is 1.15 bits per heavy atom. The monoisotopic (exact) mass is 361 g/mol. The van der Waals surface area contributed by atoms with E-state index in [0.717, 1.165) is 12.1 Å². The number of nitrogens with zero attached hydrogens (tertiary/aromatic N) is 1. The number of aromatic nitrogens is 1. The van der Waals surface area contributed by atoms with Crippen molar-refractivity contribution >= 4 is 5.78 Å². The number of rotatable bonds is 5. The van der Waals surface area contributed by atoms with Crippen molar-refractivity contribution in [2.75, 3.05) is 0 Å². The largest absolute Gasteiger partial charge is 0.487 e. The van der Waals surface area contributed by atoms with Crippen molar-refractivity contribution in [1.82, 2.24) is 4.98 Å². The van der Waals surface area contributed by atoms with Crippen LogP contribution in [0.15, 0.2) is 59.2 Å². The van der Waals surface area contributed by atoms with Crippen LogP contribution < -0.4 is 4.74 Å². The zero-order chi connectivity index (χ0) is 18.7. The lowest BCUT2D eigenvalue weighted by Gasteiger charge is -2.06. The van der Waals surface area contributed by atoms with Gasteiger partial charge in [0, 0.05) is 11.1 Å². The molecule has 0 unspecified atom stereocenters. The molecule has 7 heteroatoms. The molecule has 0 aliphatic rings. The quantitative estimate of drug-likeness (QED) is 0.590. The number of hydrogen-bond donors (Lipinski definition) is 0. The second kappa shape index (κ2) is 7.03. The van der Waals surface area contributed by atoms with Crippen LogP contribution >= 0.6 is 0 Å². The number of Topliss-reactive ketones (excluding diaryl/α,β-unsaturated/α-hetero) is 1. The van der Waals surface area contributed by atoms with Gasteiger partial charge in [-0.3, -0.25) is 4.79 Å². The number of ether oxygens (including phenoxy) is 1. The predicted octanol–water partition coefficient (Wildman–Crippen LogP) is 5.14. The number of alkyl halides is 3. The van der Waals surface area contributed by atoms with E-state index < -0.39 is 11.7 Å². The zero-order valence-corrected chi connectivity index (χ0v) is 13.7. The SMILES string of the molecule is CC(=O)c1cccc(OCc2coc(-c3ccc(C(F)(F)F)cc3)n2)c1. The summed E-state index contributed by atoms with van der Waals surface area (Å²) in [7, 11) is 0. The Bertz CT molecular complexity index is 914. The van der Waals surface area contributed by atoms with Gasteiger partial charge in [-0.25, -0.2) is 4.98 Å². The van der Waals surface area contributed by atoms with Crippen molar-refractivity contribution in [3.63, 3.8) is 0 Å². The summed E-state index contributed by atoms with van der Waals surface area (Å²) in [6.07, 6.45) is -3.01. The van der Waals surface area contributed by atoms with Gasteiger partial charge in [0.25, 0.3) is 0 Å². The van der Waals surface area contributed by atoms with Crippen LogP contribution in [0.5, 0.6) is 5.75 Å². The highest BCUT2D eigenvalue weighted by Crippen LogP contribution is 2.30. The van der Waals surface area contributed by atoms with Crippen LogP contribution in [0.2, 0.25) is 0 Å². The molecule has 26 heavy (non-hydrogen) atoms. The maximum absolute atomic E-state index is 12.6. The van der Waals surface area contributed by atoms with Gasteiger partial charge in [-0.15, -0.1) is 0 Å². The summed E-state index contributed by atoms with van der Waals surface area (Å²) in [6.45, 7) is 1.57. The molecule has 134 valence electrons. The van der Waals surface area contributed by atoms with Crippen molar-refractivity contribution in [2.45, 2.75) is 19.7 Å². The van der Waals surface area contributed by atoms with Gasteiger partial charge in [0.2, 0.25) is 5.89 Å². The molecule has 0 fully saturated rings. The van der Waals surface area contributed by atoms with E-state index in [0.29, 0.717) is 22.6 Å². The van der Waals surface area contributed by atoms with Crippen molar-refractivity contribution < 1.29 is 27.1 Å². The summed E-state index contributed by atoms with van der Waals surface area (Å²) >= 11 is 0. The fourth-order valence-corrected chi connectivity index (χ4v) is 2.27. The van der Waals surface area contributed by atoms with E-state index in [2.05, 4.69) is 4.98 Å². The Hall–Kier alpha value is -3.09. The summed E-state index contributed by atoms with van der Waals surface area (Å²) in [4.78, 5) is 15.6. The summed E-state index contributed by atoms with van der Waals surface area (Å²) in [6, 6.07) is 11.3. The molecular weight excluding hydrogens is 347 g/mol. The molecule has 4 nitrogen and oxygen atoms in total. The fraction of sp³-hybridized carbons (Fsp3) is 0.158. The highest BCUT2D eigenvalue weighted by Gasteiger charge is 2.30. The van der Waals surface area contributed by atoms with Crippen molar-refractivity contribution in [2.24, 2.45) is 0 Å². The molecule has 0 aliphatic heterocycles. The average molecular weight is 361 g/mol. The highest BCUT2D eigenvalue weighted by molar-refractivity contribution is 5.94. The van der Waals surface area contributed by atoms with Crippen LogP contribution in [0.1, 0.15) is 28.5 Å². The Morgan fingerprint density at radius 2 is 1.88 bits per heavy atom. The lowest BCUT2D eigenvalue weighted by atomic mass is 10.1. The minimum atomic E-state index is -4.39. The molecule has 1 aromatic heterocycles. The first kappa shape index (κ1) is 17.7. The number of benzene rings is 2. The molecular formula is C19H14F3NO3. The number of halogens is 3. The molecule has 3 rings (SSSR count). The molecule has 1 heterocycles. The van der Waals surface area contributed by atoms with Crippen molar-refractivity contribution in [3.05, 3.63) is 71.6 Å². The Labute approximate surface area is 147 Å². The lowest BCUT2D eigenvalue weighted by Crippen LogP contribution is -2.04. The first-order valence-electron chi connectivity index (χ1n) is 7.69. The van der Waals surface area contributed by atoms with Gasteiger partial charge < -0.3 is 9.15 Å². The molecule has 0 saturated heterocycles. The Balaban J connectivity index is 1.68. The van der Waals surface area contributed by atoms with Crippen LogP contribution in [0.25, 0.3) is 11.5 Å². The second-order valence-corrected chi connectivity index (χ2v) is 5.59. The smallest absolute Gasteiger partial charge is 0.416 e. The summed E-state index contributed by atoms with van der Waals surface area (Å²) < 4.78 is 48.6. The van der Waals surface area contributed by atoms with Gasteiger partial charge in [-0.2, -0.15) is 13.2 Å². The molecule has 0 aliphatic carbocycles. The zero-order valence-electron chi connectivity index (χ0n) is 13.7. The standard InChI is InChI=1S/C19H14F3NO3/c1-12(24)14-3-2-4-17(9-14)25-10-16-11-26-18(23-16)13-5-7-15(8-6-13)19(20,21)22/h2-9,11H,10H2,1H3. The summed E-state index contributed by atoms with van der Waals surface area (Å²) in [5, 5.41) is 0. The fourth-order valence-electron chi connectivity index (χ4n) is 2.27. The number of ketones is 1. The van der Waals surface area contributed by atoms with Gasteiger partial charge in [0.15, 0.2) is 5.78 Å². The van der Waals surface area contributed by atoms with E-state index in [4.69, 9.17) is 9.15 Å². The van der Waals surface area contributed by atoms with E-state index in [1.807, 2.05) is 0 Å². The van der Waals surface area contributed by atoms with Crippen LogP contribution in [0, 0.1) is 0 Å².